The van der Waals surface area contributed by atoms with Gasteiger partial charge in [0.2, 0.25) is 0 Å². The third-order valence-corrected chi connectivity index (χ3v) is 4.76. The molecule has 24 heavy (non-hydrogen) atoms. The molecule has 0 amide bonds. The lowest BCUT2D eigenvalue weighted by atomic mass is 10.0. The molecule has 2 atom stereocenters. The number of benzene rings is 1. The van der Waals surface area contributed by atoms with Crippen LogP contribution < -0.4 is 10.6 Å². The summed E-state index contributed by atoms with van der Waals surface area (Å²) >= 11 is 0. The van der Waals surface area contributed by atoms with Crippen molar-refractivity contribution in [3.05, 3.63) is 47.7 Å². The molecule has 1 aliphatic rings. The molecule has 2 N–H and O–H groups in total. The first-order valence-corrected chi connectivity index (χ1v) is 8.81. The standard InChI is InChI=1S/C19H29N5/c1-15-9-19-21-12-17(14-24(19)22-15)11-20-13-18(23(2)3)10-16-7-5-4-6-8-16/h4-9,17-18,20-21H,10-14H2,1-3H3/t17-,18-/m0/s1. The summed E-state index contributed by atoms with van der Waals surface area (Å²) < 4.78 is 2.10. The van der Waals surface area contributed by atoms with Crippen LogP contribution in [0.15, 0.2) is 36.4 Å². The lowest BCUT2D eigenvalue weighted by Gasteiger charge is -2.28. The molecule has 130 valence electrons. The van der Waals surface area contributed by atoms with Crippen LogP contribution in [0.25, 0.3) is 0 Å². The summed E-state index contributed by atoms with van der Waals surface area (Å²) in [7, 11) is 4.33. The molecule has 5 nitrogen and oxygen atoms in total. The molecule has 0 radical (unpaired) electrons. The van der Waals surface area contributed by atoms with Crippen molar-refractivity contribution in [2.45, 2.75) is 25.9 Å². The number of hydrogen-bond acceptors (Lipinski definition) is 4. The van der Waals surface area contributed by atoms with Gasteiger partial charge in [-0.2, -0.15) is 5.10 Å². The van der Waals surface area contributed by atoms with Gasteiger partial charge in [0, 0.05) is 44.2 Å². The van der Waals surface area contributed by atoms with E-state index in [2.05, 4.69) is 75.8 Å². The van der Waals surface area contributed by atoms with Crippen molar-refractivity contribution in [1.82, 2.24) is 20.0 Å². The van der Waals surface area contributed by atoms with E-state index in [1.54, 1.807) is 0 Å². The van der Waals surface area contributed by atoms with Gasteiger partial charge >= 0.3 is 0 Å². The predicted molar refractivity (Wildman–Crippen MR) is 99.4 cm³/mol. The summed E-state index contributed by atoms with van der Waals surface area (Å²) in [6, 6.07) is 13.4. The van der Waals surface area contributed by atoms with Gasteiger partial charge in [0.1, 0.15) is 5.82 Å². The number of aromatic nitrogens is 2. The van der Waals surface area contributed by atoms with E-state index in [1.807, 2.05) is 6.92 Å². The van der Waals surface area contributed by atoms with Gasteiger partial charge in [0.15, 0.2) is 0 Å². The molecule has 2 heterocycles. The molecular weight excluding hydrogens is 298 g/mol. The van der Waals surface area contributed by atoms with Gasteiger partial charge in [-0.1, -0.05) is 30.3 Å². The fourth-order valence-corrected chi connectivity index (χ4v) is 3.30. The van der Waals surface area contributed by atoms with Gasteiger partial charge in [-0.15, -0.1) is 0 Å². The minimum absolute atomic E-state index is 0.506. The zero-order chi connectivity index (χ0) is 16.9. The molecule has 1 aromatic carbocycles. The van der Waals surface area contributed by atoms with E-state index < -0.39 is 0 Å². The Morgan fingerprint density at radius 1 is 1.33 bits per heavy atom. The van der Waals surface area contributed by atoms with Crippen molar-refractivity contribution in [2.75, 3.05) is 39.0 Å². The normalized spacial score (nSPS) is 18.2. The second-order valence-corrected chi connectivity index (χ2v) is 7.07. The Labute approximate surface area is 145 Å². The van der Waals surface area contributed by atoms with Gasteiger partial charge in [-0.05, 0) is 33.0 Å². The highest BCUT2D eigenvalue weighted by Crippen LogP contribution is 2.18. The Balaban J connectivity index is 1.47. The Bertz CT molecular complexity index is 634. The second kappa shape index (κ2) is 7.81. The molecule has 0 spiro atoms. The van der Waals surface area contributed by atoms with Crippen LogP contribution in [0.2, 0.25) is 0 Å². The summed E-state index contributed by atoms with van der Waals surface area (Å²) in [5, 5.41) is 11.7. The molecule has 2 aromatic rings. The Morgan fingerprint density at radius 2 is 2.12 bits per heavy atom. The third kappa shape index (κ3) is 4.36. The number of likely N-dealkylation sites (N-methyl/N-ethyl adjacent to an activating group) is 1. The molecule has 5 heteroatoms. The van der Waals surface area contributed by atoms with Crippen molar-refractivity contribution >= 4 is 5.82 Å². The van der Waals surface area contributed by atoms with Crippen molar-refractivity contribution in [3.8, 4) is 0 Å². The molecule has 0 fully saturated rings. The summed E-state index contributed by atoms with van der Waals surface area (Å²) in [5.74, 6) is 1.73. The second-order valence-electron chi connectivity index (χ2n) is 7.07. The molecule has 0 bridgehead atoms. The molecule has 1 aromatic heterocycles. The van der Waals surface area contributed by atoms with Crippen LogP contribution in [0.3, 0.4) is 0 Å². The monoisotopic (exact) mass is 327 g/mol. The largest absolute Gasteiger partial charge is 0.370 e. The summed E-state index contributed by atoms with van der Waals surface area (Å²) in [4.78, 5) is 2.31. The van der Waals surface area contributed by atoms with E-state index in [1.165, 1.54) is 5.56 Å². The molecule has 0 saturated carbocycles. The number of nitrogens with zero attached hydrogens (tertiary/aromatic N) is 3. The van der Waals surface area contributed by atoms with Crippen LogP contribution in [0.1, 0.15) is 11.3 Å². The highest BCUT2D eigenvalue weighted by atomic mass is 15.3. The molecule has 0 unspecified atom stereocenters. The maximum Gasteiger partial charge on any atom is 0.124 e. The number of aryl methyl sites for hydroxylation is 1. The maximum absolute atomic E-state index is 4.55. The summed E-state index contributed by atoms with van der Waals surface area (Å²) in [5.41, 5.74) is 2.48. The number of hydrogen-bond donors (Lipinski definition) is 2. The SMILES string of the molecule is Cc1cc2n(n1)C[C@@H](CNC[C@H](Cc1ccccc1)N(C)C)CN2. The highest BCUT2D eigenvalue weighted by Gasteiger charge is 2.19. The average Bonchev–Trinajstić information content (AvgIpc) is 2.94. The molecule has 0 saturated heterocycles. The van der Waals surface area contributed by atoms with E-state index in [-0.39, 0.29) is 0 Å². The van der Waals surface area contributed by atoms with Crippen molar-refractivity contribution in [1.29, 1.82) is 0 Å². The van der Waals surface area contributed by atoms with Crippen molar-refractivity contribution in [2.24, 2.45) is 5.92 Å². The van der Waals surface area contributed by atoms with Gasteiger partial charge in [-0.3, -0.25) is 0 Å². The van der Waals surface area contributed by atoms with E-state index >= 15 is 0 Å². The molecular formula is C19H29N5. The summed E-state index contributed by atoms with van der Waals surface area (Å²) in [6.07, 6.45) is 1.08. The van der Waals surface area contributed by atoms with Crippen LogP contribution in [0.5, 0.6) is 0 Å². The van der Waals surface area contributed by atoms with Crippen LogP contribution >= 0.6 is 0 Å². The lowest BCUT2D eigenvalue weighted by Crippen LogP contribution is -2.43. The van der Waals surface area contributed by atoms with E-state index in [4.69, 9.17) is 0 Å². The number of anilines is 1. The first-order chi connectivity index (χ1) is 11.6. The van der Waals surface area contributed by atoms with Crippen LogP contribution in [0.4, 0.5) is 5.82 Å². The molecule has 3 rings (SSSR count). The third-order valence-electron chi connectivity index (χ3n) is 4.76. The minimum atomic E-state index is 0.506. The first-order valence-electron chi connectivity index (χ1n) is 8.81. The van der Waals surface area contributed by atoms with E-state index in [9.17, 15) is 0 Å². The van der Waals surface area contributed by atoms with E-state index in [0.29, 0.717) is 12.0 Å². The smallest absolute Gasteiger partial charge is 0.124 e. The zero-order valence-corrected chi connectivity index (χ0v) is 15.0. The van der Waals surface area contributed by atoms with Gasteiger partial charge < -0.3 is 15.5 Å². The van der Waals surface area contributed by atoms with Gasteiger partial charge in [0.25, 0.3) is 0 Å². The Morgan fingerprint density at radius 3 is 2.88 bits per heavy atom. The number of fused-ring (bicyclic) bond motifs is 1. The highest BCUT2D eigenvalue weighted by molar-refractivity contribution is 5.38. The minimum Gasteiger partial charge on any atom is -0.370 e. The Kier molecular flexibility index (Phi) is 5.53. The van der Waals surface area contributed by atoms with E-state index in [0.717, 1.165) is 44.1 Å². The predicted octanol–water partition coefficient (Wildman–Crippen LogP) is 2.00. The van der Waals surface area contributed by atoms with Gasteiger partial charge in [-0.25, -0.2) is 4.68 Å². The fraction of sp³-hybridized carbons (Fsp3) is 0.526. The van der Waals surface area contributed by atoms with Gasteiger partial charge in [0.05, 0.1) is 5.69 Å². The van der Waals surface area contributed by atoms with Crippen LogP contribution in [-0.2, 0) is 13.0 Å². The summed E-state index contributed by atoms with van der Waals surface area (Å²) in [6.45, 7) is 6.08. The quantitative estimate of drug-likeness (QED) is 0.816. The molecule has 0 aliphatic carbocycles. The first kappa shape index (κ1) is 17.0. The number of rotatable bonds is 7. The van der Waals surface area contributed by atoms with Crippen molar-refractivity contribution < 1.29 is 0 Å². The lowest BCUT2D eigenvalue weighted by molar-refractivity contribution is 0.273. The molecule has 1 aliphatic heterocycles. The number of nitrogens with one attached hydrogen (secondary N) is 2. The Hall–Kier alpha value is -1.85. The van der Waals surface area contributed by atoms with Crippen LogP contribution in [-0.4, -0.2) is 54.5 Å². The van der Waals surface area contributed by atoms with Crippen LogP contribution in [0, 0.1) is 12.8 Å². The zero-order valence-electron chi connectivity index (χ0n) is 15.0. The average molecular weight is 327 g/mol. The maximum atomic E-state index is 4.55. The topological polar surface area (TPSA) is 45.1 Å². The van der Waals surface area contributed by atoms with Crippen molar-refractivity contribution in [3.63, 3.8) is 0 Å². The fourth-order valence-electron chi connectivity index (χ4n) is 3.30.